The van der Waals surface area contributed by atoms with E-state index in [2.05, 4.69) is 10.5 Å². The van der Waals surface area contributed by atoms with Crippen molar-refractivity contribution in [2.24, 2.45) is 5.10 Å². The Labute approximate surface area is 187 Å². The third kappa shape index (κ3) is 6.59. The molecule has 0 saturated heterocycles. The highest BCUT2D eigenvalue weighted by atomic mass is 35.5. The van der Waals surface area contributed by atoms with Crippen LogP contribution in [-0.2, 0) is 0 Å². The third-order valence-corrected chi connectivity index (χ3v) is 4.81. The summed E-state index contributed by atoms with van der Waals surface area (Å²) < 4.78 is 11.8. The summed E-state index contributed by atoms with van der Waals surface area (Å²) in [5.41, 5.74) is 5.97. The quantitative estimate of drug-likeness (QED) is 0.271. The first-order chi connectivity index (χ1) is 15.0. The number of hydrogen-bond donors (Lipinski definition) is 1. The van der Waals surface area contributed by atoms with Gasteiger partial charge >= 0.3 is 0 Å². The van der Waals surface area contributed by atoms with Crippen LogP contribution < -0.4 is 14.9 Å². The molecule has 0 bridgehead atoms. The molecular formula is C25H25ClN2O3. The molecule has 3 aromatic rings. The van der Waals surface area contributed by atoms with Crippen molar-refractivity contribution in [2.45, 2.75) is 20.3 Å². The van der Waals surface area contributed by atoms with Gasteiger partial charge in [-0.3, -0.25) is 4.79 Å². The maximum atomic E-state index is 12.2. The average Bonchev–Trinajstić information content (AvgIpc) is 2.76. The van der Waals surface area contributed by atoms with Crippen LogP contribution in [0.4, 0.5) is 0 Å². The number of amides is 1. The van der Waals surface area contributed by atoms with Gasteiger partial charge in [0, 0.05) is 22.6 Å². The van der Waals surface area contributed by atoms with Crippen molar-refractivity contribution in [3.8, 4) is 11.5 Å². The molecule has 0 fully saturated rings. The molecule has 0 aromatic heterocycles. The molecule has 0 atom stereocenters. The van der Waals surface area contributed by atoms with Crippen molar-refractivity contribution >= 4 is 23.7 Å². The van der Waals surface area contributed by atoms with E-state index in [1.54, 1.807) is 30.5 Å². The fourth-order valence-electron chi connectivity index (χ4n) is 3.02. The second-order valence-corrected chi connectivity index (χ2v) is 7.46. The Kier molecular flexibility index (Phi) is 8.07. The van der Waals surface area contributed by atoms with E-state index in [1.165, 1.54) is 0 Å². The number of para-hydroxylation sites is 2. The zero-order valence-electron chi connectivity index (χ0n) is 17.6. The zero-order valence-corrected chi connectivity index (χ0v) is 18.4. The topological polar surface area (TPSA) is 59.9 Å². The highest BCUT2D eigenvalue weighted by molar-refractivity contribution is 6.30. The molecule has 0 spiro atoms. The Hall–Kier alpha value is -3.31. The van der Waals surface area contributed by atoms with Crippen LogP contribution in [-0.4, -0.2) is 25.3 Å². The van der Waals surface area contributed by atoms with Gasteiger partial charge in [0.2, 0.25) is 0 Å². The van der Waals surface area contributed by atoms with Crippen LogP contribution >= 0.6 is 11.6 Å². The van der Waals surface area contributed by atoms with Crippen molar-refractivity contribution in [1.29, 1.82) is 0 Å². The molecule has 0 heterocycles. The number of hydrazone groups is 1. The summed E-state index contributed by atoms with van der Waals surface area (Å²) in [5, 5.41) is 4.54. The molecule has 31 heavy (non-hydrogen) atoms. The van der Waals surface area contributed by atoms with Crippen LogP contribution in [0.2, 0.25) is 5.02 Å². The largest absolute Gasteiger partial charge is 0.493 e. The number of benzene rings is 3. The summed E-state index contributed by atoms with van der Waals surface area (Å²) in [4.78, 5) is 12.2. The molecule has 0 aliphatic heterocycles. The van der Waals surface area contributed by atoms with Crippen molar-refractivity contribution in [2.75, 3.05) is 13.2 Å². The fraction of sp³-hybridized carbons (Fsp3) is 0.200. The molecule has 3 rings (SSSR count). The summed E-state index contributed by atoms with van der Waals surface area (Å²) in [6.07, 6.45) is 2.30. The van der Waals surface area contributed by atoms with Gasteiger partial charge in [-0.25, -0.2) is 5.43 Å². The van der Waals surface area contributed by atoms with Crippen molar-refractivity contribution < 1.29 is 14.3 Å². The van der Waals surface area contributed by atoms with Crippen LogP contribution in [0.5, 0.6) is 11.5 Å². The van der Waals surface area contributed by atoms with Crippen LogP contribution in [0.3, 0.4) is 0 Å². The van der Waals surface area contributed by atoms with E-state index in [4.69, 9.17) is 21.1 Å². The lowest BCUT2D eigenvalue weighted by Crippen LogP contribution is -2.17. The highest BCUT2D eigenvalue weighted by Gasteiger charge is 2.06. The maximum absolute atomic E-state index is 12.2. The Bertz CT molecular complexity index is 1050. The fourth-order valence-corrected chi connectivity index (χ4v) is 3.21. The Morgan fingerprint density at radius 1 is 0.968 bits per heavy atom. The molecule has 0 saturated carbocycles. The molecule has 3 aromatic carbocycles. The summed E-state index contributed by atoms with van der Waals surface area (Å²) >= 11 is 5.92. The monoisotopic (exact) mass is 436 g/mol. The molecule has 1 N–H and O–H groups in total. The molecule has 1 amide bonds. The standard InChI is InChI=1S/C25H25ClN2O3/c1-18-8-5-9-19(2)24(18)31-15-7-14-30-23-13-4-3-10-21(23)17-27-28-25(29)20-11-6-12-22(26)16-20/h3-6,8-13,16-17H,7,14-15H2,1-2H3,(H,28,29)/b27-17+. The van der Waals surface area contributed by atoms with E-state index in [9.17, 15) is 4.79 Å². The van der Waals surface area contributed by atoms with Crippen LogP contribution in [0.15, 0.2) is 71.8 Å². The van der Waals surface area contributed by atoms with Gasteiger partial charge in [-0.1, -0.05) is 48.0 Å². The highest BCUT2D eigenvalue weighted by Crippen LogP contribution is 2.22. The first-order valence-electron chi connectivity index (χ1n) is 10.0. The molecule has 0 radical (unpaired) electrons. The minimum absolute atomic E-state index is 0.333. The third-order valence-electron chi connectivity index (χ3n) is 4.58. The molecule has 160 valence electrons. The SMILES string of the molecule is Cc1cccc(C)c1OCCCOc1ccccc1/C=N/NC(=O)c1cccc(Cl)c1. The second-order valence-electron chi connectivity index (χ2n) is 7.02. The second kappa shape index (κ2) is 11.2. The van der Waals surface area contributed by atoms with Gasteiger partial charge in [0.05, 0.1) is 19.4 Å². The number of ether oxygens (including phenoxy) is 2. The number of aryl methyl sites for hydroxylation is 2. The predicted molar refractivity (Wildman–Crippen MR) is 124 cm³/mol. The van der Waals surface area contributed by atoms with Crippen LogP contribution in [0.25, 0.3) is 0 Å². The van der Waals surface area contributed by atoms with Gasteiger partial charge in [-0.2, -0.15) is 5.10 Å². The van der Waals surface area contributed by atoms with E-state index < -0.39 is 0 Å². The number of carbonyl (C=O) groups excluding carboxylic acids is 1. The minimum Gasteiger partial charge on any atom is -0.493 e. The van der Waals surface area contributed by atoms with E-state index in [0.717, 1.165) is 28.9 Å². The number of nitrogens with zero attached hydrogens (tertiary/aromatic N) is 1. The molecule has 6 heteroatoms. The van der Waals surface area contributed by atoms with E-state index in [-0.39, 0.29) is 5.91 Å². The van der Waals surface area contributed by atoms with Gasteiger partial charge in [-0.05, 0) is 55.3 Å². The first kappa shape index (κ1) is 22.4. The summed E-state index contributed by atoms with van der Waals surface area (Å²) in [6.45, 7) is 5.15. The van der Waals surface area contributed by atoms with Crippen molar-refractivity contribution in [3.05, 3.63) is 94.0 Å². The molecule has 0 aliphatic carbocycles. The lowest BCUT2D eigenvalue weighted by Gasteiger charge is -2.13. The van der Waals surface area contributed by atoms with Gasteiger partial charge in [-0.15, -0.1) is 0 Å². The number of carbonyl (C=O) groups is 1. The molecule has 0 aliphatic rings. The number of rotatable bonds is 9. The van der Waals surface area contributed by atoms with E-state index >= 15 is 0 Å². The molecule has 0 unspecified atom stereocenters. The minimum atomic E-state index is -0.333. The molecule has 5 nitrogen and oxygen atoms in total. The van der Waals surface area contributed by atoms with Crippen molar-refractivity contribution in [1.82, 2.24) is 5.43 Å². The smallest absolute Gasteiger partial charge is 0.271 e. The Balaban J connectivity index is 1.49. The zero-order chi connectivity index (χ0) is 22.1. The average molecular weight is 437 g/mol. The normalized spacial score (nSPS) is 10.8. The number of halogens is 1. The first-order valence-corrected chi connectivity index (χ1v) is 10.4. The predicted octanol–water partition coefficient (Wildman–Crippen LogP) is 5.57. The lowest BCUT2D eigenvalue weighted by molar-refractivity contribution is 0.0955. The van der Waals surface area contributed by atoms with Gasteiger partial charge in [0.1, 0.15) is 11.5 Å². The summed E-state index contributed by atoms with van der Waals surface area (Å²) in [5.74, 6) is 1.29. The molecular weight excluding hydrogens is 412 g/mol. The van der Waals surface area contributed by atoms with E-state index in [0.29, 0.717) is 29.5 Å². The number of hydrogen-bond acceptors (Lipinski definition) is 4. The van der Waals surface area contributed by atoms with Gasteiger partial charge < -0.3 is 9.47 Å². The van der Waals surface area contributed by atoms with Gasteiger partial charge in [0.25, 0.3) is 5.91 Å². The summed E-state index contributed by atoms with van der Waals surface area (Å²) in [6, 6.07) is 20.3. The van der Waals surface area contributed by atoms with Crippen LogP contribution in [0, 0.1) is 13.8 Å². The van der Waals surface area contributed by atoms with Crippen molar-refractivity contribution in [3.63, 3.8) is 0 Å². The Morgan fingerprint density at radius 3 is 2.45 bits per heavy atom. The summed E-state index contributed by atoms with van der Waals surface area (Å²) in [7, 11) is 0. The number of nitrogens with one attached hydrogen (secondary N) is 1. The lowest BCUT2D eigenvalue weighted by atomic mass is 10.1. The Morgan fingerprint density at radius 2 is 1.68 bits per heavy atom. The maximum Gasteiger partial charge on any atom is 0.271 e. The van der Waals surface area contributed by atoms with Gasteiger partial charge in [0.15, 0.2) is 0 Å². The van der Waals surface area contributed by atoms with Crippen LogP contribution in [0.1, 0.15) is 33.5 Å². The van der Waals surface area contributed by atoms with E-state index in [1.807, 2.05) is 56.3 Å².